The largest absolute Gasteiger partial charge is 0.507 e. The minimum Gasteiger partial charge on any atom is -0.507 e. The number of aromatic hydroxyl groups is 1. The van der Waals surface area contributed by atoms with Crippen LogP contribution < -0.4 is 15.5 Å². The number of benzene rings is 2. The Balaban J connectivity index is 1.79. The molecular weight excluding hydrogens is 398 g/mol. The molecule has 7 heteroatoms. The van der Waals surface area contributed by atoms with E-state index in [1.807, 2.05) is 44.3 Å². The highest BCUT2D eigenvalue weighted by molar-refractivity contribution is 7.99. The van der Waals surface area contributed by atoms with E-state index < -0.39 is 6.10 Å². The van der Waals surface area contributed by atoms with Crippen LogP contribution in [-0.4, -0.2) is 48.1 Å². The van der Waals surface area contributed by atoms with Crippen LogP contribution in [0.25, 0.3) is 0 Å². The minimum absolute atomic E-state index is 0.0779. The van der Waals surface area contributed by atoms with Crippen LogP contribution in [0.2, 0.25) is 0 Å². The quantitative estimate of drug-likeness (QED) is 0.403. The predicted molar refractivity (Wildman–Crippen MR) is 126 cm³/mol. The molecule has 0 aliphatic rings. The molecule has 0 saturated heterocycles. The van der Waals surface area contributed by atoms with E-state index in [1.54, 1.807) is 23.9 Å². The molecule has 2 rings (SSSR count). The average molecular weight is 432 g/mol. The molecule has 0 radical (unpaired) electrons. The van der Waals surface area contributed by atoms with Crippen LogP contribution in [0.4, 0.5) is 11.4 Å². The molecule has 0 bridgehead atoms. The molecule has 0 fully saturated rings. The summed E-state index contributed by atoms with van der Waals surface area (Å²) in [6.45, 7) is 6.95. The van der Waals surface area contributed by atoms with Crippen LogP contribution in [0.1, 0.15) is 38.9 Å². The number of anilines is 2. The highest BCUT2D eigenvalue weighted by Crippen LogP contribution is 2.30. The van der Waals surface area contributed by atoms with E-state index >= 15 is 0 Å². The molecule has 164 valence electrons. The fourth-order valence-electron chi connectivity index (χ4n) is 3.06. The Morgan fingerprint density at radius 3 is 2.53 bits per heavy atom. The lowest BCUT2D eigenvalue weighted by atomic mass is 10.1. The molecule has 2 unspecified atom stereocenters. The van der Waals surface area contributed by atoms with Gasteiger partial charge in [0, 0.05) is 49.4 Å². The number of nitrogens with zero attached hydrogens (tertiary/aromatic N) is 1. The lowest BCUT2D eigenvalue weighted by Gasteiger charge is -2.23. The molecule has 2 aromatic rings. The summed E-state index contributed by atoms with van der Waals surface area (Å²) in [6.07, 6.45) is 0.298. The Morgan fingerprint density at radius 2 is 1.90 bits per heavy atom. The third-order valence-electron chi connectivity index (χ3n) is 4.85. The molecule has 1 amide bonds. The van der Waals surface area contributed by atoms with Gasteiger partial charge in [-0.1, -0.05) is 13.0 Å². The highest BCUT2D eigenvalue weighted by Gasteiger charge is 2.13. The first-order valence-corrected chi connectivity index (χ1v) is 11.2. The van der Waals surface area contributed by atoms with Gasteiger partial charge >= 0.3 is 0 Å². The zero-order chi connectivity index (χ0) is 22.1. The second-order valence-corrected chi connectivity index (χ2v) is 8.73. The summed E-state index contributed by atoms with van der Waals surface area (Å²) in [7, 11) is 2.04. The van der Waals surface area contributed by atoms with Crippen LogP contribution in [0.3, 0.4) is 0 Å². The van der Waals surface area contributed by atoms with Crippen LogP contribution in [0.15, 0.2) is 47.4 Å². The number of thioether (sulfide) groups is 1. The molecule has 30 heavy (non-hydrogen) atoms. The second-order valence-electron chi connectivity index (χ2n) is 7.42. The van der Waals surface area contributed by atoms with Crippen molar-refractivity contribution in [2.75, 3.05) is 36.1 Å². The Kier molecular flexibility index (Phi) is 9.49. The first-order valence-electron chi connectivity index (χ1n) is 10.3. The van der Waals surface area contributed by atoms with Crippen molar-refractivity contribution in [2.45, 2.75) is 44.2 Å². The van der Waals surface area contributed by atoms with Crippen LogP contribution in [0.5, 0.6) is 5.75 Å². The van der Waals surface area contributed by atoms with E-state index in [0.29, 0.717) is 6.54 Å². The zero-order valence-electron chi connectivity index (χ0n) is 18.2. The van der Waals surface area contributed by atoms with Gasteiger partial charge in [-0.15, -0.1) is 11.8 Å². The van der Waals surface area contributed by atoms with Crippen molar-refractivity contribution in [2.24, 2.45) is 0 Å². The summed E-state index contributed by atoms with van der Waals surface area (Å²) < 4.78 is 0. The first-order chi connectivity index (χ1) is 14.3. The molecule has 4 N–H and O–H groups in total. The molecule has 2 atom stereocenters. The van der Waals surface area contributed by atoms with E-state index in [9.17, 15) is 15.0 Å². The molecule has 6 nitrogen and oxygen atoms in total. The number of hydrogen-bond donors (Lipinski definition) is 4. The molecule has 2 aromatic carbocycles. The lowest BCUT2D eigenvalue weighted by Crippen LogP contribution is -2.33. The molecule has 0 aliphatic carbocycles. The molecule has 0 aliphatic heterocycles. The number of phenolic OH excluding ortho intramolecular Hbond substituents is 1. The zero-order valence-corrected chi connectivity index (χ0v) is 19.0. The molecule has 0 spiro atoms. The van der Waals surface area contributed by atoms with Crippen LogP contribution in [0, 0.1) is 0 Å². The summed E-state index contributed by atoms with van der Waals surface area (Å²) in [6, 6.07) is 13.3. The van der Waals surface area contributed by atoms with Crippen LogP contribution >= 0.6 is 11.8 Å². The van der Waals surface area contributed by atoms with Gasteiger partial charge in [0.25, 0.3) is 0 Å². The molecular formula is C23H33N3O3S. The van der Waals surface area contributed by atoms with Gasteiger partial charge in [0.1, 0.15) is 5.75 Å². The van der Waals surface area contributed by atoms with Gasteiger partial charge in [0.2, 0.25) is 5.91 Å². The van der Waals surface area contributed by atoms with Crippen molar-refractivity contribution >= 4 is 29.0 Å². The molecule has 0 saturated carbocycles. The van der Waals surface area contributed by atoms with Crippen molar-refractivity contribution in [3.63, 3.8) is 0 Å². The summed E-state index contributed by atoms with van der Waals surface area (Å²) in [5.74, 6) is 1.05. The van der Waals surface area contributed by atoms with Gasteiger partial charge in [0.05, 0.1) is 6.10 Å². The third kappa shape index (κ3) is 7.55. The van der Waals surface area contributed by atoms with Crippen molar-refractivity contribution in [1.82, 2.24) is 5.32 Å². The van der Waals surface area contributed by atoms with E-state index in [2.05, 4.69) is 22.5 Å². The topological polar surface area (TPSA) is 84.8 Å². The van der Waals surface area contributed by atoms with E-state index in [0.717, 1.165) is 40.6 Å². The standard InChI is InChI=1S/C23H33N3O3S/c1-5-30-23-14-18(6-11-21(23)28)22(29)15-24-16(2)12-13-26(4)20-9-7-19(8-10-20)25-17(3)27/h6-11,14,16,22,24,28-29H,5,12-13,15H2,1-4H3,(H,25,27). The highest BCUT2D eigenvalue weighted by atomic mass is 32.2. The van der Waals surface area contributed by atoms with Gasteiger partial charge in [-0.25, -0.2) is 0 Å². The van der Waals surface area contributed by atoms with Gasteiger partial charge in [0.15, 0.2) is 0 Å². The van der Waals surface area contributed by atoms with Crippen molar-refractivity contribution in [3.05, 3.63) is 48.0 Å². The number of rotatable bonds is 11. The number of carbonyl (C=O) groups is 1. The smallest absolute Gasteiger partial charge is 0.221 e. The fraction of sp³-hybridized carbons (Fsp3) is 0.435. The summed E-state index contributed by atoms with van der Waals surface area (Å²) in [4.78, 5) is 14.1. The first kappa shape index (κ1) is 24.1. The number of aliphatic hydroxyl groups is 1. The number of carbonyl (C=O) groups excluding carboxylic acids is 1. The Bertz CT molecular complexity index is 814. The van der Waals surface area contributed by atoms with Crippen LogP contribution in [-0.2, 0) is 4.79 Å². The van der Waals surface area contributed by atoms with Crippen molar-refractivity contribution in [1.29, 1.82) is 0 Å². The maximum Gasteiger partial charge on any atom is 0.221 e. The van der Waals surface area contributed by atoms with Gasteiger partial charge in [-0.05, 0) is 61.1 Å². The monoisotopic (exact) mass is 431 g/mol. The molecule has 0 aromatic heterocycles. The lowest BCUT2D eigenvalue weighted by molar-refractivity contribution is -0.114. The number of phenols is 1. The maximum atomic E-state index is 11.1. The number of amides is 1. The average Bonchev–Trinajstić information content (AvgIpc) is 2.72. The minimum atomic E-state index is -0.622. The SMILES string of the molecule is CCSc1cc(C(O)CNC(C)CCN(C)c2ccc(NC(C)=O)cc2)ccc1O. The van der Waals surface area contributed by atoms with E-state index in [-0.39, 0.29) is 17.7 Å². The summed E-state index contributed by atoms with van der Waals surface area (Å²) >= 11 is 1.56. The number of nitrogens with one attached hydrogen (secondary N) is 2. The predicted octanol–water partition coefficient (Wildman–Crippen LogP) is 4.00. The summed E-state index contributed by atoms with van der Waals surface area (Å²) in [5, 5.41) is 26.6. The maximum absolute atomic E-state index is 11.1. The van der Waals surface area contributed by atoms with Gasteiger partial charge < -0.3 is 25.7 Å². The second kappa shape index (κ2) is 11.8. The van der Waals surface area contributed by atoms with Crippen molar-refractivity contribution < 1.29 is 15.0 Å². The third-order valence-corrected chi connectivity index (χ3v) is 5.78. The fourth-order valence-corrected chi connectivity index (χ4v) is 3.81. The Labute approximate surface area is 183 Å². The Hall–Kier alpha value is -2.22. The summed E-state index contributed by atoms with van der Waals surface area (Å²) in [5.41, 5.74) is 2.68. The number of hydrogen-bond acceptors (Lipinski definition) is 6. The van der Waals surface area contributed by atoms with Crippen molar-refractivity contribution in [3.8, 4) is 5.75 Å². The Morgan fingerprint density at radius 1 is 1.20 bits per heavy atom. The number of aliphatic hydroxyl groups excluding tert-OH is 1. The van der Waals surface area contributed by atoms with E-state index in [4.69, 9.17) is 0 Å². The van der Waals surface area contributed by atoms with E-state index in [1.165, 1.54) is 6.92 Å². The normalized spacial score (nSPS) is 13.0. The van der Waals surface area contributed by atoms with Gasteiger partial charge in [-0.2, -0.15) is 0 Å². The molecule has 0 heterocycles. The van der Waals surface area contributed by atoms with Gasteiger partial charge in [-0.3, -0.25) is 4.79 Å².